The van der Waals surface area contributed by atoms with Crippen LogP contribution >= 0.6 is 11.6 Å². The van der Waals surface area contributed by atoms with E-state index in [1.165, 1.54) is 5.56 Å². The van der Waals surface area contributed by atoms with Crippen LogP contribution in [0.4, 0.5) is 10.5 Å². The van der Waals surface area contributed by atoms with Gasteiger partial charge in [0.2, 0.25) is 0 Å². The highest BCUT2D eigenvalue weighted by molar-refractivity contribution is 6.30. The second-order valence-electron chi connectivity index (χ2n) is 9.31. The number of halogens is 1. The molecule has 0 aromatic heterocycles. The van der Waals surface area contributed by atoms with Gasteiger partial charge in [-0.3, -0.25) is 14.6 Å². The normalized spacial score (nSPS) is 14.3. The molecule has 2 aromatic rings. The summed E-state index contributed by atoms with van der Waals surface area (Å²) in [6.45, 7) is 8.93. The molecule has 1 heterocycles. The zero-order chi connectivity index (χ0) is 25.4. The van der Waals surface area contributed by atoms with Crippen LogP contribution in [0.1, 0.15) is 29.8 Å². The zero-order valence-corrected chi connectivity index (χ0v) is 22.0. The summed E-state index contributed by atoms with van der Waals surface area (Å²) in [5.41, 5.74) is 2.66. The molecule has 0 N–H and O–H groups in total. The topological polar surface area (TPSA) is 56.3 Å². The molecular formula is C27H37ClN4O3. The predicted molar refractivity (Wildman–Crippen MR) is 141 cm³/mol. The molecule has 35 heavy (non-hydrogen) atoms. The Balaban J connectivity index is 1.54. The quantitative estimate of drug-likeness (QED) is 0.516. The van der Waals surface area contributed by atoms with Gasteiger partial charge in [0, 0.05) is 63.1 Å². The van der Waals surface area contributed by atoms with Gasteiger partial charge in [0.15, 0.2) is 0 Å². The number of carbonyl (C=O) groups is 2. The second kappa shape index (κ2) is 12.9. The summed E-state index contributed by atoms with van der Waals surface area (Å²) in [6, 6.07) is 15.2. The minimum absolute atomic E-state index is 0.0301. The lowest BCUT2D eigenvalue weighted by atomic mass is 10.1. The number of benzene rings is 2. The van der Waals surface area contributed by atoms with Gasteiger partial charge in [0.1, 0.15) is 0 Å². The molecule has 0 radical (unpaired) electrons. The Hall–Kier alpha value is -2.61. The van der Waals surface area contributed by atoms with Crippen molar-refractivity contribution in [3.8, 4) is 0 Å². The molecule has 2 aromatic carbocycles. The monoisotopic (exact) mass is 500 g/mol. The lowest BCUT2D eigenvalue weighted by Crippen LogP contribution is -2.49. The minimum Gasteiger partial charge on any atom is -0.377 e. The SMILES string of the molecule is CC(C)OCCN(C(=O)N(C)C)c1ccc(C(=O)N2CCN(CCc3ccc(Cl)cc3)CC2)cc1. The van der Waals surface area contributed by atoms with E-state index in [1.807, 2.05) is 55.1 Å². The summed E-state index contributed by atoms with van der Waals surface area (Å²) in [4.78, 5) is 33.3. The number of rotatable bonds is 9. The van der Waals surface area contributed by atoms with Gasteiger partial charge >= 0.3 is 6.03 Å². The van der Waals surface area contributed by atoms with Crippen molar-refractivity contribution in [3.05, 3.63) is 64.7 Å². The maximum absolute atomic E-state index is 13.1. The van der Waals surface area contributed by atoms with E-state index in [0.717, 1.165) is 36.8 Å². The number of ether oxygens (including phenoxy) is 1. The fourth-order valence-corrected chi connectivity index (χ4v) is 4.16. The molecule has 0 aliphatic carbocycles. The van der Waals surface area contributed by atoms with Crippen molar-refractivity contribution in [2.75, 3.05) is 64.9 Å². The molecule has 8 heteroatoms. The molecule has 1 fully saturated rings. The van der Waals surface area contributed by atoms with Gasteiger partial charge in [-0.1, -0.05) is 23.7 Å². The van der Waals surface area contributed by atoms with Gasteiger partial charge < -0.3 is 14.5 Å². The Morgan fingerprint density at radius 1 is 0.971 bits per heavy atom. The second-order valence-corrected chi connectivity index (χ2v) is 9.74. The largest absolute Gasteiger partial charge is 0.377 e. The average Bonchev–Trinajstić information content (AvgIpc) is 2.86. The van der Waals surface area contributed by atoms with Crippen molar-refractivity contribution in [1.29, 1.82) is 0 Å². The first kappa shape index (κ1) is 27.0. The van der Waals surface area contributed by atoms with Crippen LogP contribution in [-0.2, 0) is 11.2 Å². The lowest BCUT2D eigenvalue weighted by molar-refractivity contribution is 0.0638. The Bertz CT molecular complexity index is 955. The molecule has 1 saturated heterocycles. The highest BCUT2D eigenvalue weighted by Gasteiger charge is 2.23. The number of hydrogen-bond donors (Lipinski definition) is 0. The van der Waals surface area contributed by atoms with E-state index >= 15 is 0 Å². The first-order valence-electron chi connectivity index (χ1n) is 12.2. The number of anilines is 1. The molecule has 0 unspecified atom stereocenters. The van der Waals surface area contributed by atoms with E-state index < -0.39 is 0 Å². The number of urea groups is 1. The van der Waals surface area contributed by atoms with Crippen LogP contribution in [0, 0.1) is 0 Å². The first-order valence-corrected chi connectivity index (χ1v) is 12.6. The fourth-order valence-electron chi connectivity index (χ4n) is 4.04. The van der Waals surface area contributed by atoms with Gasteiger partial charge in [-0.25, -0.2) is 4.79 Å². The molecule has 0 atom stereocenters. The van der Waals surface area contributed by atoms with Crippen LogP contribution in [0.15, 0.2) is 48.5 Å². The lowest BCUT2D eigenvalue weighted by Gasteiger charge is -2.35. The van der Waals surface area contributed by atoms with E-state index in [1.54, 1.807) is 23.9 Å². The number of hydrogen-bond acceptors (Lipinski definition) is 4. The third-order valence-corrected chi connectivity index (χ3v) is 6.35. The van der Waals surface area contributed by atoms with Crippen molar-refractivity contribution in [1.82, 2.24) is 14.7 Å². The standard InChI is InChI=1S/C27H37ClN4O3/c1-21(2)35-20-19-32(27(34)29(3)4)25-11-7-23(8-12-25)26(33)31-17-15-30(16-18-31)14-13-22-5-9-24(28)10-6-22/h5-12,21H,13-20H2,1-4H3. The summed E-state index contributed by atoms with van der Waals surface area (Å²) >= 11 is 5.97. The van der Waals surface area contributed by atoms with E-state index in [4.69, 9.17) is 16.3 Å². The zero-order valence-electron chi connectivity index (χ0n) is 21.2. The van der Waals surface area contributed by atoms with Crippen molar-refractivity contribution < 1.29 is 14.3 Å². The Morgan fingerprint density at radius 3 is 2.17 bits per heavy atom. The molecular weight excluding hydrogens is 464 g/mol. The molecule has 3 rings (SSSR count). The number of nitrogens with zero attached hydrogens (tertiary/aromatic N) is 4. The fraction of sp³-hybridized carbons (Fsp3) is 0.481. The van der Waals surface area contributed by atoms with E-state index in [2.05, 4.69) is 17.0 Å². The minimum atomic E-state index is -0.119. The third kappa shape index (κ3) is 7.95. The van der Waals surface area contributed by atoms with Gasteiger partial charge in [-0.05, 0) is 62.2 Å². The maximum Gasteiger partial charge on any atom is 0.324 e. The Kier molecular flexibility index (Phi) is 9.95. The van der Waals surface area contributed by atoms with Crippen molar-refractivity contribution in [2.45, 2.75) is 26.4 Å². The molecule has 1 aliphatic heterocycles. The summed E-state index contributed by atoms with van der Waals surface area (Å²) in [5.74, 6) is 0.0301. The summed E-state index contributed by atoms with van der Waals surface area (Å²) < 4.78 is 5.64. The molecule has 190 valence electrons. The Labute approximate surface area is 214 Å². The van der Waals surface area contributed by atoms with E-state index in [9.17, 15) is 9.59 Å². The first-order chi connectivity index (χ1) is 16.7. The highest BCUT2D eigenvalue weighted by Crippen LogP contribution is 2.19. The van der Waals surface area contributed by atoms with Gasteiger partial charge in [-0.2, -0.15) is 0 Å². The van der Waals surface area contributed by atoms with Crippen LogP contribution in [0.3, 0.4) is 0 Å². The van der Waals surface area contributed by atoms with Crippen molar-refractivity contribution in [3.63, 3.8) is 0 Å². The summed E-state index contributed by atoms with van der Waals surface area (Å²) in [7, 11) is 3.46. The smallest absolute Gasteiger partial charge is 0.324 e. The van der Waals surface area contributed by atoms with Gasteiger partial charge in [0.05, 0.1) is 19.3 Å². The number of amides is 3. The van der Waals surface area contributed by atoms with Crippen LogP contribution in [0.5, 0.6) is 0 Å². The van der Waals surface area contributed by atoms with Crippen molar-refractivity contribution in [2.24, 2.45) is 0 Å². The van der Waals surface area contributed by atoms with Gasteiger partial charge in [0.25, 0.3) is 5.91 Å². The summed E-state index contributed by atoms with van der Waals surface area (Å²) in [6.07, 6.45) is 1.07. The van der Waals surface area contributed by atoms with E-state index in [0.29, 0.717) is 31.8 Å². The molecule has 7 nitrogen and oxygen atoms in total. The molecule has 0 spiro atoms. The average molecular weight is 501 g/mol. The predicted octanol–water partition coefficient (Wildman–Crippen LogP) is 4.25. The third-order valence-electron chi connectivity index (χ3n) is 6.09. The van der Waals surface area contributed by atoms with Crippen LogP contribution in [0.25, 0.3) is 0 Å². The van der Waals surface area contributed by atoms with Crippen molar-refractivity contribution >= 4 is 29.2 Å². The molecule has 1 aliphatic rings. The maximum atomic E-state index is 13.1. The molecule has 0 saturated carbocycles. The highest BCUT2D eigenvalue weighted by atomic mass is 35.5. The van der Waals surface area contributed by atoms with Crippen LogP contribution in [0.2, 0.25) is 5.02 Å². The number of piperazine rings is 1. The van der Waals surface area contributed by atoms with Crippen LogP contribution < -0.4 is 4.90 Å². The molecule has 0 bridgehead atoms. The molecule has 3 amide bonds. The van der Waals surface area contributed by atoms with Crippen LogP contribution in [-0.4, -0.2) is 92.7 Å². The van der Waals surface area contributed by atoms with E-state index in [-0.39, 0.29) is 18.0 Å². The number of carbonyl (C=O) groups excluding carboxylic acids is 2. The van der Waals surface area contributed by atoms with Gasteiger partial charge in [-0.15, -0.1) is 0 Å². The summed E-state index contributed by atoms with van der Waals surface area (Å²) in [5, 5.41) is 0.756. The Morgan fingerprint density at radius 2 is 1.60 bits per heavy atom.